The standard InChI is InChI=1S/C16H19NO4/c18-15(11-2-1-7-21-9-11)17-12-5-3-10(4-6-12)13-8-14(13)16(19)20/h3-6,11,13-14H,1-2,7-9H2,(H,17,18)(H,19,20)/t11?,13-,14+/m0/s1. The van der Waals surface area contributed by atoms with Crippen LogP contribution in [0.4, 0.5) is 5.69 Å². The Bertz CT molecular complexity index is 534. The maximum atomic E-state index is 12.1. The second-order valence-corrected chi connectivity index (χ2v) is 5.81. The quantitative estimate of drug-likeness (QED) is 0.891. The molecule has 2 aliphatic rings. The summed E-state index contributed by atoms with van der Waals surface area (Å²) in [5.41, 5.74) is 1.78. The number of carbonyl (C=O) groups excluding carboxylic acids is 1. The molecule has 3 atom stereocenters. The fourth-order valence-corrected chi connectivity index (χ4v) is 2.84. The zero-order valence-corrected chi connectivity index (χ0v) is 11.7. The number of carboxylic acid groups (broad SMARTS) is 1. The van der Waals surface area contributed by atoms with Crippen LogP contribution in [-0.2, 0) is 14.3 Å². The van der Waals surface area contributed by atoms with Gasteiger partial charge in [0.2, 0.25) is 5.91 Å². The van der Waals surface area contributed by atoms with Crippen LogP contribution in [-0.4, -0.2) is 30.2 Å². The first-order valence-electron chi connectivity index (χ1n) is 7.36. The number of rotatable bonds is 4. The van der Waals surface area contributed by atoms with Gasteiger partial charge in [0.15, 0.2) is 0 Å². The molecule has 2 fully saturated rings. The van der Waals surface area contributed by atoms with Gasteiger partial charge in [-0.25, -0.2) is 0 Å². The summed E-state index contributed by atoms with van der Waals surface area (Å²) in [7, 11) is 0. The third-order valence-corrected chi connectivity index (χ3v) is 4.25. The summed E-state index contributed by atoms with van der Waals surface area (Å²) in [4.78, 5) is 22.9. The molecule has 0 spiro atoms. The Morgan fingerprint density at radius 3 is 2.57 bits per heavy atom. The zero-order valence-electron chi connectivity index (χ0n) is 11.7. The first-order chi connectivity index (χ1) is 10.1. The van der Waals surface area contributed by atoms with Crippen molar-refractivity contribution in [3.8, 4) is 0 Å². The van der Waals surface area contributed by atoms with Gasteiger partial charge in [0.25, 0.3) is 0 Å². The molecule has 1 saturated carbocycles. The largest absolute Gasteiger partial charge is 0.481 e. The molecule has 3 rings (SSSR count). The van der Waals surface area contributed by atoms with Crippen LogP contribution in [0, 0.1) is 11.8 Å². The summed E-state index contributed by atoms with van der Waals surface area (Å²) < 4.78 is 5.32. The SMILES string of the molecule is O=C(Nc1ccc([C@@H]2C[C@H]2C(=O)O)cc1)C1CCCOC1. The highest BCUT2D eigenvalue weighted by atomic mass is 16.5. The fourth-order valence-electron chi connectivity index (χ4n) is 2.84. The van der Waals surface area contributed by atoms with Gasteiger partial charge >= 0.3 is 5.97 Å². The lowest BCUT2D eigenvalue weighted by atomic mass is 10.0. The van der Waals surface area contributed by atoms with Crippen molar-refractivity contribution < 1.29 is 19.4 Å². The summed E-state index contributed by atoms with van der Waals surface area (Å²) in [6.45, 7) is 1.23. The minimum absolute atomic E-state index is 0.00251. The zero-order chi connectivity index (χ0) is 14.8. The normalized spacial score (nSPS) is 27.9. The number of carbonyl (C=O) groups is 2. The van der Waals surface area contributed by atoms with Crippen LogP contribution >= 0.6 is 0 Å². The summed E-state index contributed by atoms with van der Waals surface area (Å²) in [6.07, 6.45) is 2.50. The van der Waals surface area contributed by atoms with Gasteiger partial charge < -0.3 is 15.2 Å². The maximum absolute atomic E-state index is 12.1. The number of aliphatic carboxylic acids is 1. The van der Waals surface area contributed by atoms with E-state index in [1.807, 2.05) is 24.3 Å². The first-order valence-corrected chi connectivity index (χ1v) is 7.36. The molecular weight excluding hydrogens is 270 g/mol. The van der Waals surface area contributed by atoms with Crippen molar-refractivity contribution in [3.63, 3.8) is 0 Å². The van der Waals surface area contributed by atoms with Crippen LogP contribution in [0.5, 0.6) is 0 Å². The van der Waals surface area contributed by atoms with Gasteiger partial charge in [-0.2, -0.15) is 0 Å². The van der Waals surface area contributed by atoms with Crippen LogP contribution < -0.4 is 5.32 Å². The molecule has 0 bridgehead atoms. The Kier molecular flexibility index (Phi) is 3.92. The van der Waals surface area contributed by atoms with Crippen LogP contribution in [0.1, 0.15) is 30.7 Å². The molecule has 1 aliphatic heterocycles. The van der Waals surface area contributed by atoms with E-state index in [0.717, 1.165) is 30.7 Å². The number of hydrogen-bond donors (Lipinski definition) is 2. The van der Waals surface area contributed by atoms with E-state index in [1.54, 1.807) is 0 Å². The molecule has 5 heteroatoms. The van der Waals surface area contributed by atoms with Gasteiger partial charge in [-0.05, 0) is 42.9 Å². The molecule has 1 aromatic rings. The van der Waals surface area contributed by atoms with Gasteiger partial charge in [0.1, 0.15) is 0 Å². The fraction of sp³-hybridized carbons (Fsp3) is 0.500. The minimum atomic E-state index is -0.727. The van der Waals surface area contributed by atoms with Crippen molar-refractivity contribution in [1.29, 1.82) is 0 Å². The predicted molar refractivity (Wildman–Crippen MR) is 77.1 cm³/mol. The average Bonchev–Trinajstić information content (AvgIpc) is 3.30. The number of ether oxygens (including phenoxy) is 1. The molecule has 0 radical (unpaired) electrons. The van der Waals surface area contributed by atoms with Gasteiger partial charge in [-0.15, -0.1) is 0 Å². The van der Waals surface area contributed by atoms with Gasteiger partial charge in [-0.3, -0.25) is 9.59 Å². The van der Waals surface area contributed by atoms with E-state index in [4.69, 9.17) is 9.84 Å². The molecule has 1 amide bonds. The highest BCUT2D eigenvalue weighted by molar-refractivity contribution is 5.92. The van der Waals surface area contributed by atoms with Crippen LogP contribution in [0.3, 0.4) is 0 Å². The number of benzene rings is 1. The monoisotopic (exact) mass is 289 g/mol. The Balaban J connectivity index is 1.57. The van der Waals surface area contributed by atoms with E-state index < -0.39 is 5.97 Å². The third kappa shape index (κ3) is 3.24. The van der Waals surface area contributed by atoms with Crippen molar-refractivity contribution >= 4 is 17.6 Å². The second kappa shape index (κ2) is 5.85. The predicted octanol–water partition coefficient (Wildman–Crippen LogP) is 2.24. The molecule has 21 heavy (non-hydrogen) atoms. The second-order valence-electron chi connectivity index (χ2n) is 5.81. The topological polar surface area (TPSA) is 75.6 Å². The molecule has 1 heterocycles. The smallest absolute Gasteiger partial charge is 0.307 e. The molecule has 1 saturated heterocycles. The number of hydrogen-bond acceptors (Lipinski definition) is 3. The Hall–Kier alpha value is -1.88. The molecule has 112 valence electrons. The van der Waals surface area contributed by atoms with E-state index in [-0.39, 0.29) is 23.7 Å². The number of amides is 1. The highest BCUT2D eigenvalue weighted by Gasteiger charge is 2.44. The van der Waals surface area contributed by atoms with Gasteiger partial charge in [0, 0.05) is 12.3 Å². The Morgan fingerprint density at radius 2 is 2.00 bits per heavy atom. The van der Waals surface area contributed by atoms with E-state index >= 15 is 0 Å². The van der Waals surface area contributed by atoms with Gasteiger partial charge in [-0.1, -0.05) is 12.1 Å². The Morgan fingerprint density at radius 1 is 1.24 bits per heavy atom. The minimum Gasteiger partial charge on any atom is -0.481 e. The number of anilines is 1. The van der Waals surface area contributed by atoms with Crippen LogP contribution in [0.2, 0.25) is 0 Å². The summed E-state index contributed by atoms with van der Waals surface area (Å²) >= 11 is 0. The summed E-state index contributed by atoms with van der Waals surface area (Å²) in [5, 5.41) is 11.8. The van der Waals surface area contributed by atoms with E-state index in [1.165, 1.54) is 0 Å². The van der Waals surface area contributed by atoms with E-state index in [0.29, 0.717) is 13.0 Å². The highest BCUT2D eigenvalue weighted by Crippen LogP contribution is 2.47. The van der Waals surface area contributed by atoms with Crippen molar-refractivity contribution in [2.75, 3.05) is 18.5 Å². The third-order valence-electron chi connectivity index (χ3n) is 4.25. The van der Waals surface area contributed by atoms with Gasteiger partial charge in [0.05, 0.1) is 18.4 Å². The maximum Gasteiger partial charge on any atom is 0.307 e. The number of carboxylic acids is 1. The van der Waals surface area contributed by atoms with Crippen molar-refractivity contribution in [3.05, 3.63) is 29.8 Å². The summed E-state index contributed by atoms with van der Waals surface area (Å²) in [5.74, 6) is -0.922. The number of nitrogens with one attached hydrogen (secondary N) is 1. The van der Waals surface area contributed by atoms with Crippen molar-refractivity contribution in [2.45, 2.75) is 25.2 Å². The molecular formula is C16H19NO4. The van der Waals surface area contributed by atoms with E-state index in [9.17, 15) is 9.59 Å². The van der Waals surface area contributed by atoms with Crippen molar-refractivity contribution in [1.82, 2.24) is 0 Å². The molecule has 2 N–H and O–H groups in total. The first kappa shape index (κ1) is 14.1. The Labute approximate surface area is 123 Å². The molecule has 1 aromatic carbocycles. The lowest BCUT2D eigenvalue weighted by Crippen LogP contribution is -2.30. The summed E-state index contributed by atoms with van der Waals surface area (Å²) in [6, 6.07) is 7.49. The van der Waals surface area contributed by atoms with Crippen molar-refractivity contribution in [2.24, 2.45) is 11.8 Å². The average molecular weight is 289 g/mol. The van der Waals surface area contributed by atoms with Crippen LogP contribution in [0.25, 0.3) is 0 Å². The lowest BCUT2D eigenvalue weighted by Gasteiger charge is -2.21. The van der Waals surface area contributed by atoms with Crippen LogP contribution in [0.15, 0.2) is 24.3 Å². The molecule has 5 nitrogen and oxygen atoms in total. The molecule has 1 aliphatic carbocycles. The molecule has 0 aromatic heterocycles. The van der Waals surface area contributed by atoms with E-state index in [2.05, 4.69) is 5.32 Å². The molecule has 1 unspecified atom stereocenters. The lowest BCUT2D eigenvalue weighted by molar-refractivity contribution is -0.138.